The number of rotatable bonds is 5. The van der Waals surface area contributed by atoms with E-state index in [9.17, 15) is 5.11 Å². The molecule has 3 N–H and O–H groups in total. The molecule has 0 aliphatic rings. The van der Waals surface area contributed by atoms with Gasteiger partial charge in [0.05, 0.1) is 11.8 Å². The third kappa shape index (κ3) is 5.06. The molecule has 2 aromatic rings. The Bertz CT molecular complexity index is 575. The summed E-state index contributed by atoms with van der Waals surface area (Å²) in [5.74, 6) is 2.07. The van der Waals surface area contributed by atoms with E-state index in [2.05, 4.69) is 30.9 Å². The average molecular weight is 307 g/mol. The fourth-order valence-corrected chi connectivity index (χ4v) is 2.41. The fraction of sp³-hybridized carbons (Fsp3) is 0.467. The van der Waals surface area contributed by atoms with Crippen LogP contribution >= 0.6 is 11.8 Å². The standard InChI is InChI=1S/C15H21N3O2S/c1-15(2,3)21-9-13-17-14(20-18-13)12(16)8-10-4-6-11(19)7-5-10/h4-7,12,19H,8-9,16H2,1-3H3. The molecule has 0 saturated carbocycles. The van der Waals surface area contributed by atoms with Crippen molar-refractivity contribution in [2.75, 3.05) is 0 Å². The van der Waals surface area contributed by atoms with Gasteiger partial charge in [0.1, 0.15) is 5.75 Å². The van der Waals surface area contributed by atoms with Crippen molar-refractivity contribution in [2.45, 2.75) is 43.7 Å². The molecular formula is C15H21N3O2S. The van der Waals surface area contributed by atoms with Crippen LogP contribution in [0.5, 0.6) is 5.75 Å². The molecule has 1 atom stereocenters. The van der Waals surface area contributed by atoms with Gasteiger partial charge in [-0.1, -0.05) is 38.1 Å². The summed E-state index contributed by atoms with van der Waals surface area (Å²) >= 11 is 1.76. The van der Waals surface area contributed by atoms with Crippen LogP contribution in [0.15, 0.2) is 28.8 Å². The normalized spacial score (nSPS) is 13.3. The molecule has 0 amide bonds. The molecule has 0 fully saturated rings. The molecule has 0 saturated heterocycles. The Balaban J connectivity index is 1.95. The molecule has 1 aromatic heterocycles. The first-order chi connectivity index (χ1) is 9.83. The van der Waals surface area contributed by atoms with Gasteiger partial charge in [-0.3, -0.25) is 0 Å². The van der Waals surface area contributed by atoms with Gasteiger partial charge in [-0.15, -0.1) is 11.8 Å². The minimum absolute atomic E-state index is 0.162. The predicted molar refractivity (Wildman–Crippen MR) is 84.1 cm³/mol. The molecular weight excluding hydrogens is 286 g/mol. The summed E-state index contributed by atoms with van der Waals surface area (Å²) in [6.07, 6.45) is 0.592. The minimum Gasteiger partial charge on any atom is -0.508 e. The Morgan fingerprint density at radius 3 is 2.57 bits per heavy atom. The molecule has 0 spiro atoms. The van der Waals surface area contributed by atoms with Crippen LogP contribution in [-0.4, -0.2) is 20.0 Å². The zero-order valence-electron chi connectivity index (χ0n) is 12.5. The first-order valence-corrected chi connectivity index (χ1v) is 7.82. The molecule has 0 aliphatic carbocycles. The highest BCUT2D eigenvalue weighted by molar-refractivity contribution is 7.99. The van der Waals surface area contributed by atoms with Crippen LogP contribution < -0.4 is 5.73 Å². The zero-order chi connectivity index (χ0) is 15.5. The summed E-state index contributed by atoms with van der Waals surface area (Å²) in [7, 11) is 0. The minimum atomic E-state index is -0.338. The van der Waals surface area contributed by atoms with Crippen LogP contribution in [-0.2, 0) is 12.2 Å². The van der Waals surface area contributed by atoms with E-state index >= 15 is 0 Å². The monoisotopic (exact) mass is 307 g/mol. The second-order valence-electron chi connectivity index (χ2n) is 5.93. The SMILES string of the molecule is CC(C)(C)SCc1noc(C(N)Cc2ccc(O)cc2)n1. The Morgan fingerprint density at radius 1 is 1.29 bits per heavy atom. The number of nitrogens with zero attached hydrogens (tertiary/aromatic N) is 2. The van der Waals surface area contributed by atoms with Crippen molar-refractivity contribution >= 4 is 11.8 Å². The highest BCUT2D eigenvalue weighted by Gasteiger charge is 2.17. The Labute approximate surface area is 128 Å². The van der Waals surface area contributed by atoms with E-state index in [1.807, 2.05) is 12.1 Å². The lowest BCUT2D eigenvalue weighted by molar-refractivity contribution is 0.351. The molecule has 1 unspecified atom stereocenters. The number of aromatic nitrogens is 2. The van der Waals surface area contributed by atoms with Crippen molar-refractivity contribution in [1.82, 2.24) is 10.1 Å². The predicted octanol–water partition coefficient (Wildman–Crippen LogP) is 3.05. The first-order valence-electron chi connectivity index (χ1n) is 6.83. The van der Waals surface area contributed by atoms with Crippen molar-refractivity contribution in [3.05, 3.63) is 41.5 Å². The van der Waals surface area contributed by atoms with Gasteiger partial charge < -0.3 is 15.4 Å². The number of phenols is 1. The van der Waals surface area contributed by atoms with E-state index < -0.39 is 0 Å². The zero-order valence-corrected chi connectivity index (χ0v) is 13.4. The number of hydrogen-bond acceptors (Lipinski definition) is 6. The summed E-state index contributed by atoms with van der Waals surface area (Å²) in [5.41, 5.74) is 7.11. The lowest BCUT2D eigenvalue weighted by Crippen LogP contribution is -2.14. The Kier molecular flexibility index (Phi) is 4.90. The van der Waals surface area contributed by atoms with Crippen molar-refractivity contribution in [3.8, 4) is 5.75 Å². The second-order valence-corrected chi connectivity index (χ2v) is 7.73. The van der Waals surface area contributed by atoms with Gasteiger partial charge in [0.2, 0.25) is 5.89 Å². The largest absolute Gasteiger partial charge is 0.508 e. The quantitative estimate of drug-likeness (QED) is 0.883. The van der Waals surface area contributed by atoms with E-state index in [-0.39, 0.29) is 16.5 Å². The highest BCUT2D eigenvalue weighted by atomic mass is 32.2. The first kappa shape index (κ1) is 15.9. The van der Waals surface area contributed by atoms with Crippen LogP contribution in [0.4, 0.5) is 0 Å². The number of phenolic OH excluding ortho intramolecular Hbond substituents is 1. The lowest BCUT2D eigenvalue weighted by atomic mass is 10.1. The van der Waals surface area contributed by atoms with E-state index in [1.54, 1.807) is 23.9 Å². The lowest BCUT2D eigenvalue weighted by Gasteiger charge is -2.15. The van der Waals surface area contributed by atoms with Gasteiger partial charge in [-0.2, -0.15) is 4.98 Å². The summed E-state index contributed by atoms with van der Waals surface area (Å²) in [4.78, 5) is 4.35. The van der Waals surface area contributed by atoms with Crippen LogP contribution in [0.2, 0.25) is 0 Å². The van der Waals surface area contributed by atoms with Gasteiger partial charge >= 0.3 is 0 Å². The molecule has 21 heavy (non-hydrogen) atoms. The average Bonchev–Trinajstić information content (AvgIpc) is 2.87. The molecule has 0 bridgehead atoms. The molecule has 1 aromatic carbocycles. The summed E-state index contributed by atoms with van der Waals surface area (Å²) < 4.78 is 5.40. The summed E-state index contributed by atoms with van der Waals surface area (Å²) in [6.45, 7) is 6.44. The maximum absolute atomic E-state index is 9.26. The second kappa shape index (κ2) is 6.49. The summed E-state index contributed by atoms with van der Waals surface area (Å²) in [5, 5.41) is 13.2. The molecule has 6 heteroatoms. The van der Waals surface area contributed by atoms with E-state index in [0.29, 0.717) is 23.9 Å². The van der Waals surface area contributed by atoms with E-state index in [0.717, 1.165) is 5.56 Å². The van der Waals surface area contributed by atoms with Crippen LogP contribution in [0, 0.1) is 0 Å². The molecule has 1 heterocycles. The third-order valence-corrected chi connectivity index (χ3v) is 4.10. The van der Waals surface area contributed by atoms with Gasteiger partial charge in [0.15, 0.2) is 5.82 Å². The van der Waals surface area contributed by atoms with Crippen molar-refractivity contribution in [1.29, 1.82) is 0 Å². The van der Waals surface area contributed by atoms with Crippen molar-refractivity contribution in [2.24, 2.45) is 5.73 Å². The molecule has 5 nitrogen and oxygen atoms in total. The molecule has 114 valence electrons. The van der Waals surface area contributed by atoms with Gasteiger partial charge in [-0.05, 0) is 24.1 Å². The molecule has 0 radical (unpaired) electrons. The number of hydrogen-bond donors (Lipinski definition) is 2. The molecule has 0 aliphatic heterocycles. The van der Waals surface area contributed by atoms with Gasteiger partial charge in [-0.25, -0.2) is 0 Å². The van der Waals surface area contributed by atoms with E-state index in [1.165, 1.54) is 0 Å². The maximum atomic E-state index is 9.26. The van der Waals surface area contributed by atoms with Crippen LogP contribution in [0.3, 0.4) is 0 Å². The number of nitrogens with two attached hydrogens (primary N) is 1. The van der Waals surface area contributed by atoms with Crippen LogP contribution in [0.1, 0.15) is 44.1 Å². The van der Waals surface area contributed by atoms with Crippen LogP contribution in [0.25, 0.3) is 0 Å². The van der Waals surface area contributed by atoms with Gasteiger partial charge in [0, 0.05) is 4.75 Å². The van der Waals surface area contributed by atoms with Crippen molar-refractivity contribution < 1.29 is 9.63 Å². The van der Waals surface area contributed by atoms with E-state index in [4.69, 9.17) is 10.3 Å². The Hall–Kier alpha value is -1.53. The van der Waals surface area contributed by atoms with Crippen molar-refractivity contribution in [3.63, 3.8) is 0 Å². The molecule has 2 rings (SSSR count). The third-order valence-electron chi connectivity index (χ3n) is 2.83. The summed E-state index contributed by atoms with van der Waals surface area (Å²) in [6, 6.07) is 6.61. The highest BCUT2D eigenvalue weighted by Crippen LogP contribution is 2.26. The van der Waals surface area contributed by atoms with Gasteiger partial charge in [0.25, 0.3) is 0 Å². The number of aromatic hydroxyl groups is 1. The topological polar surface area (TPSA) is 85.2 Å². The Morgan fingerprint density at radius 2 is 1.95 bits per heavy atom. The fourth-order valence-electron chi connectivity index (χ4n) is 1.73. The number of benzene rings is 1. The smallest absolute Gasteiger partial charge is 0.243 e. The number of thioether (sulfide) groups is 1. The maximum Gasteiger partial charge on any atom is 0.243 e.